The summed E-state index contributed by atoms with van der Waals surface area (Å²) < 4.78 is 36.0. The Morgan fingerprint density at radius 3 is 2.43 bits per heavy atom. The number of hydrogen-bond acceptors (Lipinski definition) is 6. The maximum Gasteiger partial charge on any atom is 0.387 e. The fourth-order valence-electron chi connectivity index (χ4n) is 2.81. The Bertz CT molecular complexity index is 965. The van der Waals surface area contributed by atoms with E-state index in [2.05, 4.69) is 14.9 Å². The van der Waals surface area contributed by atoms with Crippen molar-refractivity contribution in [3.05, 3.63) is 60.2 Å². The minimum atomic E-state index is -2.90. The molecule has 3 rings (SSSR count). The van der Waals surface area contributed by atoms with Crippen LogP contribution in [0.15, 0.2) is 59.8 Å². The van der Waals surface area contributed by atoms with Crippen molar-refractivity contribution in [2.24, 2.45) is 0 Å². The van der Waals surface area contributed by atoms with Crippen LogP contribution in [0.3, 0.4) is 0 Å². The normalized spacial score (nSPS) is 12.2. The van der Waals surface area contributed by atoms with E-state index < -0.39 is 11.9 Å². The lowest BCUT2D eigenvalue weighted by Crippen LogP contribution is -2.15. The number of Topliss-reactive ketones (excluding diaryl/α,β-unsaturated/α-hetero) is 1. The third-order valence-corrected chi connectivity index (χ3v) is 5.36. The van der Waals surface area contributed by atoms with Crippen LogP contribution in [0.25, 0.3) is 11.4 Å². The van der Waals surface area contributed by atoms with Gasteiger partial charge < -0.3 is 9.47 Å². The maximum absolute atomic E-state index is 12.8. The highest BCUT2D eigenvalue weighted by Gasteiger charge is 2.22. The largest absolute Gasteiger partial charge is 0.435 e. The van der Waals surface area contributed by atoms with Crippen LogP contribution in [0, 0.1) is 0 Å². The number of carbonyl (C=O) groups excluding carboxylic acids is 1. The average molecular weight is 433 g/mol. The van der Waals surface area contributed by atoms with Crippen LogP contribution in [0.1, 0.15) is 17.3 Å². The van der Waals surface area contributed by atoms with Crippen LogP contribution < -0.4 is 4.74 Å². The first-order chi connectivity index (χ1) is 14.5. The Labute approximate surface area is 177 Å². The molecule has 0 bridgehead atoms. The molecule has 1 heterocycles. The zero-order chi connectivity index (χ0) is 21.5. The fourth-order valence-corrected chi connectivity index (χ4v) is 3.76. The predicted molar refractivity (Wildman–Crippen MR) is 110 cm³/mol. The van der Waals surface area contributed by atoms with Gasteiger partial charge in [-0.1, -0.05) is 42.1 Å². The van der Waals surface area contributed by atoms with Crippen LogP contribution in [0.5, 0.6) is 5.75 Å². The molecular formula is C21H21F2N3O3S. The number of halogens is 2. The summed E-state index contributed by atoms with van der Waals surface area (Å²) in [6.45, 7) is -0.123. The van der Waals surface area contributed by atoms with E-state index in [1.807, 2.05) is 34.9 Å². The predicted octanol–water partition coefficient (Wildman–Crippen LogP) is 4.56. The van der Waals surface area contributed by atoms with E-state index in [-0.39, 0.29) is 11.5 Å². The van der Waals surface area contributed by atoms with Crippen LogP contribution in [0.2, 0.25) is 0 Å². The summed E-state index contributed by atoms with van der Waals surface area (Å²) in [5.41, 5.74) is 1.32. The van der Waals surface area contributed by atoms with Gasteiger partial charge in [-0.05, 0) is 31.2 Å². The van der Waals surface area contributed by atoms with Crippen molar-refractivity contribution < 1.29 is 23.0 Å². The minimum absolute atomic E-state index is 0.00803. The summed E-state index contributed by atoms with van der Waals surface area (Å²) in [7, 11) is 1.62. The summed E-state index contributed by atoms with van der Waals surface area (Å²) in [6, 6.07) is 15.3. The van der Waals surface area contributed by atoms with Crippen LogP contribution in [-0.2, 0) is 11.3 Å². The number of benzene rings is 2. The van der Waals surface area contributed by atoms with Crippen molar-refractivity contribution in [3.63, 3.8) is 0 Å². The molecule has 0 amide bonds. The first kappa shape index (κ1) is 21.9. The molecule has 0 spiro atoms. The van der Waals surface area contributed by atoms with Crippen molar-refractivity contribution in [3.8, 4) is 17.1 Å². The highest BCUT2D eigenvalue weighted by atomic mass is 32.2. The molecule has 3 aromatic rings. The van der Waals surface area contributed by atoms with Gasteiger partial charge in [0.25, 0.3) is 0 Å². The Morgan fingerprint density at radius 1 is 1.10 bits per heavy atom. The number of methoxy groups -OCH3 is 1. The van der Waals surface area contributed by atoms with Crippen LogP contribution >= 0.6 is 11.8 Å². The molecule has 30 heavy (non-hydrogen) atoms. The topological polar surface area (TPSA) is 66.2 Å². The number of alkyl halides is 2. The Hall–Kier alpha value is -2.78. The summed E-state index contributed by atoms with van der Waals surface area (Å²) in [4.78, 5) is 12.8. The minimum Gasteiger partial charge on any atom is -0.435 e. The molecule has 0 aliphatic heterocycles. The third kappa shape index (κ3) is 5.43. The van der Waals surface area contributed by atoms with Crippen molar-refractivity contribution in [2.75, 3.05) is 13.7 Å². The lowest BCUT2D eigenvalue weighted by molar-refractivity contribution is -0.0498. The monoisotopic (exact) mass is 433 g/mol. The number of hydrogen-bond donors (Lipinski definition) is 0. The zero-order valence-electron chi connectivity index (χ0n) is 16.5. The molecule has 1 atom stereocenters. The van der Waals surface area contributed by atoms with Crippen molar-refractivity contribution in [2.45, 2.75) is 30.5 Å². The Morgan fingerprint density at radius 2 is 1.80 bits per heavy atom. The molecule has 0 aliphatic carbocycles. The second-order valence-electron chi connectivity index (χ2n) is 6.34. The van der Waals surface area contributed by atoms with Gasteiger partial charge in [-0.2, -0.15) is 8.78 Å². The van der Waals surface area contributed by atoms with E-state index in [9.17, 15) is 13.6 Å². The molecule has 0 saturated heterocycles. The number of thioether (sulfide) groups is 1. The summed E-state index contributed by atoms with van der Waals surface area (Å²) in [6.07, 6.45) is 0. The second-order valence-corrected chi connectivity index (χ2v) is 7.65. The molecule has 158 valence electrons. The van der Waals surface area contributed by atoms with Crippen molar-refractivity contribution in [1.82, 2.24) is 14.8 Å². The Kier molecular flexibility index (Phi) is 7.53. The summed E-state index contributed by atoms with van der Waals surface area (Å²) in [5, 5.41) is 8.72. The fraction of sp³-hybridized carbons (Fsp3) is 0.286. The Balaban J connectivity index is 1.77. The second kappa shape index (κ2) is 10.3. The maximum atomic E-state index is 12.8. The average Bonchev–Trinajstić information content (AvgIpc) is 3.14. The first-order valence-electron chi connectivity index (χ1n) is 9.23. The van der Waals surface area contributed by atoms with E-state index >= 15 is 0 Å². The van der Waals surface area contributed by atoms with Gasteiger partial charge in [0.1, 0.15) is 5.75 Å². The molecule has 1 aromatic heterocycles. The summed E-state index contributed by atoms with van der Waals surface area (Å²) >= 11 is 1.29. The number of nitrogens with zero attached hydrogens (tertiary/aromatic N) is 3. The number of aromatic nitrogens is 3. The van der Waals surface area contributed by atoms with E-state index in [4.69, 9.17) is 4.74 Å². The van der Waals surface area contributed by atoms with Gasteiger partial charge in [0.15, 0.2) is 16.8 Å². The van der Waals surface area contributed by atoms with Gasteiger partial charge in [0, 0.05) is 18.2 Å². The van der Waals surface area contributed by atoms with Crippen molar-refractivity contribution >= 4 is 17.5 Å². The SMILES string of the molecule is COCCn1c(SC(C)C(=O)c2ccc(OC(F)F)cc2)nnc1-c1ccccc1. The van der Waals surface area contributed by atoms with Gasteiger partial charge in [-0.25, -0.2) is 0 Å². The van der Waals surface area contributed by atoms with Gasteiger partial charge in [0.05, 0.1) is 18.4 Å². The van der Waals surface area contributed by atoms with Crippen LogP contribution in [0.4, 0.5) is 8.78 Å². The number of carbonyl (C=O) groups is 1. The summed E-state index contributed by atoms with van der Waals surface area (Å²) in [5.74, 6) is 0.558. The van der Waals surface area contributed by atoms with Gasteiger partial charge in [-0.3, -0.25) is 9.36 Å². The van der Waals surface area contributed by atoms with E-state index in [0.29, 0.717) is 29.7 Å². The third-order valence-electron chi connectivity index (χ3n) is 4.28. The van der Waals surface area contributed by atoms with E-state index in [1.54, 1.807) is 14.0 Å². The number of ketones is 1. The molecule has 0 aliphatic rings. The molecule has 0 N–H and O–H groups in total. The smallest absolute Gasteiger partial charge is 0.387 e. The highest BCUT2D eigenvalue weighted by Crippen LogP contribution is 2.28. The van der Waals surface area contributed by atoms with Gasteiger partial charge >= 0.3 is 6.61 Å². The molecule has 9 heteroatoms. The molecule has 1 unspecified atom stereocenters. The number of rotatable bonds is 10. The first-order valence-corrected chi connectivity index (χ1v) is 10.1. The van der Waals surface area contributed by atoms with E-state index in [1.165, 1.54) is 36.0 Å². The lowest BCUT2D eigenvalue weighted by atomic mass is 10.1. The molecule has 6 nitrogen and oxygen atoms in total. The lowest BCUT2D eigenvalue weighted by Gasteiger charge is -2.13. The molecule has 0 radical (unpaired) electrons. The standard InChI is InChI=1S/C21H21F2N3O3S/c1-14(18(27)15-8-10-17(11-9-15)29-20(22)23)30-21-25-24-19(26(21)12-13-28-2)16-6-4-3-5-7-16/h3-11,14,20H,12-13H2,1-2H3. The molecule has 0 saturated carbocycles. The van der Waals surface area contributed by atoms with Gasteiger partial charge in [0.2, 0.25) is 0 Å². The van der Waals surface area contributed by atoms with E-state index in [0.717, 1.165) is 5.56 Å². The number of ether oxygens (including phenoxy) is 2. The quantitative estimate of drug-likeness (QED) is 0.345. The van der Waals surface area contributed by atoms with Gasteiger partial charge in [-0.15, -0.1) is 10.2 Å². The molecular weight excluding hydrogens is 412 g/mol. The zero-order valence-corrected chi connectivity index (χ0v) is 17.3. The molecule has 2 aromatic carbocycles. The highest BCUT2D eigenvalue weighted by molar-refractivity contribution is 8.00. The van der Waals surface area contributed by atoms with Crippen molar-refractivity contribution in [1.29, 1.82) is 0 Å². The van der Waals surface area contributed by atoms with Crippen LogP contribution in [-0.4, -0.2) is 46.1 Å². The molecule has 0 fully saturated rings.